The Kier molecular flexibility index (Phi) is 4.05. The number of benzene rings is 1. The Morgan fingerprint density at radius 2 is 2.06 bits per heavy atom. The van der Waals surface area contributed by atoms with Crippen LogP contribution in [0, 0.1) is 0 Å². The number of likely N-dealkylation sites (N-methyl/N-ethyl adjacent to an activating group) is 1. The lowest BCUT2D eigenvalue weighted by Crippen LogP contribution is -2.38. The molecule has 1 aromatic rings. The summed E-state index contributed by atoms with van der Waals surface area (Å²) in [7, 11) is 0. The molecular weight excluding hydrogens is 224 g/mol. The van der Waals surface area contributed by atoms with Crippen LogP contribution in [0.4, 0.5) is 11.4 Å². The summed E-state index contributed by atoms with van der Waals surface area (Å²) < 4.78 is 0. The standard InChI is InChI=1S/C12H19ClN2O/c1-4-15(8-12(2,3)16)11-6-5-9(13)7-10(11)14/h5-7,16H,4,8,14H2,1-3H3. The fraction of sp³-hybridized carbons (Fsp3) is 0.500. The molecule has 0 saturated heterocycles. The molecule has 16 heavy (non-hydrogen) atoms. The molecule has 0 radical (unpaired) electrons. The van der Waals surface area contributed by atoms with Crippen LogP contribution >= 0.6 is 11.6 Å². The van der Waals surface area contributed by atoms with E-state index >= 15 is 0 Å². The van der Waals surface area contributed by atoms with Gasteiger partial charge < -0.3 is 15.7 Å². The minimum absolute atomic E-state index is 0.537. The van der Waals surface area contributed by atoms with Crippen molar-refractivity contribution in [1.29, 1.82) is 0 Å². The van der Waals surface area contributed by atoms with Gasteiger partial charge in [0.1, 0.15) is 0 Å². The molecule has 3 nitrogen and oxygen atoms in total. The molecular formula is C12H19ClN2O. The van der Waals surface area contributed by atoms with Gasteiger partial charge in [0.05, 0.1) is 17.0 Å². The van der Waals surface area contributed by atoms with Gasteiger partial charge in [-0.25, -0.2) is 0 Å². The molecule has 1 rings (SSSR count). The second-order valence-corrected chi connectivity index (χ2v) is 4.97. The fourth-order valence-electron chi connectivity index (χ4n) is 1.65. The third-order valence-corrected chi connectivity index (χ3v) is 2.52. The highest BCUT2D eigenvalue weighted by Gasteiger charge is 2.18. The van der Waals surface area contributed by atoms with E-state index in [9.17, 15) is 5.11 Å². The third-order valence-electron chi connectivity index (χ3n) is 2.29. The zero-order valence-corrected chi connectivity index (χ0v) is 10.8. The number of nitrogens with two attached hydrogens (primary N) is 1. The van der Waals surface area contributed by atoms with Crippen LogP contribution in [0.5, 0.6) is 0 Å². The van der Waals surface area contributed by atoms with E-state index in [1.165, 1.54) is 0 Å². The molecule has 0 fully saturated rings. The molecule has 0 aliphatic heterocycles. The van der Waals surface area contributed by atoms with Gasteiger partial charge in [0, 0.05) is 18.1 Å². The Morgan fingerprint density at radius 1 is 1.44 bits per heavy atom. The molecule has 3 N–H and O–H groups in total. The zero-order chi connectivity index (χ0) is 12.3. The topological polar surface area (TPSA) is 49.5 Å². The highest BCUT2D eigenvalue weighted by atomic mass is 35.5. The largest absolute Gasteiger partial charge is 0.397 e. The first-order chi connectivity index (χ1) is 7.33. The summed E-state index contributed by atoms with van der Waals surface area (Å²) in [4.78, 5) is 2.03. The van der Waals surface area contributed by atoms with Crippen molar-refractivity contribution in [1.82, 2.24) is 0 Å². The SMILES string of the molecule is CCN(CC(C)(C)O)c1ccc(Cl)cc1N. The molecule has 0 spiro atoms. The normalized spacial score (nSPS) is 11.6. The first kappa shape index (κ1) is 13.1. The van der Waals surface area contributed by atoms with Crippen LogP contribution in [0.3, 0.4) is 0 Å². The summed E-state index contributed by atoms with van der Waals surface area (Å²) in [5.74, 6) is 0. The predicted octanol–water partition coefficient (Wildman–Crippen LogP) is 2.52. The molecule has 0 heterocycles. The van der Waals surface area contributed by atoms with Crippen molar-refractivity contribution in [2.24, 2.45) is 0 Å². The second kappa shape index (κ2) is 4.93. The minimum Gasteiger partial charge on any atom is -0.397 e. The van der Waals surface area contributed by atoms with Crippen molar-refractivity contribution in [3.63, 3.8) is 0 Å². The number of aliphatic hydroxyl groups is 1. The number of anilines is 2. The van der Waals surface area contributed by atoms with Crippen molar-refractivity contribution in [2.75, 3.05) is 23.7 Å². The molecule has 0 aromatic heterocycles. The lowest BCUT2D eigenvalue weighted by atomic mass is 10.1. The lowest BCUT2D eigenvalue weighted by Gasteiger charge is -2.30. The maximum atomic E-state index is 9.82. The molecule has 0 atom stereocenters. The summed E-state index contributed by atoms with van der Waals surface area (Å²) in [6, 6.07) is 5.41. The monoisotopic (exact) mass is 242 g/mol. The van der Waals surface area contributed by atoms with Crippen LogP contribution in [0.15, 0.2) is 18.2 Å². The van der Waals surface area contributed by atoms with E-state index in [1.54, 1.807) is 26.0 Å². The van der Waals surface area contributed by atoms with E-state index in [0.29, 0.717) is 17.3 Å². The van der Waals surface area contributed by atoms with Gasteiger partial charge in [-0.1, -0.05) is 11.6 Å². The summed E-state index contributed by atoms with van der Waals surface area (Å²) >= 11 is 5.85. The smallest absolute Gasteiger partial charge is 0.0765 e. The Hall–Kier alpha value is -0.930. The first-order valence-corrected chi connectivity index (χ1v) is 5.73. The summed E-state index contributed by atoms with van der Waals surface area (Å²) in [6.07, 6.45) is 0. The van der Waals surface area contributed by atoms with E-state index < -0.39 is 5.60 Å². The van der Waals surface area contributed by atoms with Gasteiger partial charge in [0.15, 0.2) is 0 Å². The highest BCUT2D eigenvalue weighted by molar-refractivity contribution is 6.31. The van der Waals surface area contributed by atoms with Crippen molar-refractivity contribution in [3.05, 3.63) is 23.2 Å². The van der Waals surface area contributed by atoms with Gasteiger partial charge in [-0.3, -0.25) is 0 Å². The summed E-state index contributed by atoms with van der Waals surface area (Å²) in [5.41, 5.74) is 6.71. The molecule has 4 heteroatoms. The second-order valence-electron chi connectivity index (χ2n) is 4.53. The fourth-order valence-corrected chi connectivity index (χ4v) is 1.83. The van der Waals surface area contributed by atoms with Gasteiger partial charge in [-0.05, 0) is 39.0 Å². The highest BCUT2D eigenvalue weighted by Crippen LogP contribution is 2.27. The van der Waals surface area contributed by atoms with Crippen LogP contribution in [0.2, 0.25) is 5.02 Å². The van der Waals surface area contributed by atoms with Crippen LogP contribution < -0.4 is 10.6 Å². The maximum Gasteiger partial charge on any atom is 0.0765 e. The quantitative estimate of drug-likeness (QED) is 0.798. The van der Waals surface area contributed by atoms with Gasteiger partial charge in [-0.15, -0.1) is 0 Å². The van der Waals surface area contributed by atoms with Crippen molar-refractivity contribution >= 4 is 23.0 Å². The molecule has 0 bridgehead atoms. The summed E-state index contributed by atoms with van der Waals surface area (Å²) in [6.45, 7) is 6.91. The number of nitrogens with zero attached hydrogens (tertiary/aromatic N) is 1. The van der Waals surface area contributed by atoms with E-state index in [-0.39, 0.29) is 0 Å². The van der Waals surface area contributed by atoms with Crippen LogP contribution in [-0.2, 0) is 0 Å². The third kappa shape index (κ3) is 3.58. The molecule has 0 amide bonds. The average molecular weight is 243 g/mol. The van der Waals surface area contributed by atoms with Crippen LogP contribution in [0.1, 0.15) is 20.8 Å². The molecule has 0 unspecified atom stereocenters. The lowest BCUT2D eigenvalue weighted by molar-refractivity contribution is 0.0876. The van der Waals surface area contributed by atoms with E-state index in [1.807, 2.05) is 17.9 Å². The number of rotatable bonds is 4. The number of halogens is 1. The Morgan fingerprint density at radius 3 is 2.50 bits per heavy atom. The molecule has 0 aliphatic carbocycles. The Bertz CT molecular complexity index is 361. The van der Waals surface area contributed by atoms with Crippen molar-refractivity contribution in [3.8, 4) is 0 Å². The first-order valence-electron chi connectivity index (χ1n) is 5.36. The molecule has 0 aliphatic rings. The van der Waals surface area contributed by atoms with E-state index in [4.69, 9.17) is 17.3 Å². The predicted molar refractivity (Wildman–Crippen MR) is 70.0 cm³/mol. The molecule has 0 saturated carbocycles. The van der Waals surface area contributed by atoms with Crippen LogP contribution in [-0.4, -0.2) is 23.8 Å². The van der Waals surface area contributed by atoms with Gasteiger partial charge in [0.2, 0.25) is 0 Å². The summed E-state index contributed by atoms with van der Waals surface area (Å²) in [5, 5.41) is 10.4. The molecule has 90 valence electrons. The van der Waals surface area contributed by atoms with Crippen LogP contribution in [0.25, 0.3) is 0 Å². The average Bonchev–Trinajstić information content (AvgIpc) is 2.13. The van der Waals surface area contributed by atoms with Gasteiger partial charge >= 0.3 is 0 Å². The Labute approximate surface area is 102 Å². The van der Waals surface area contributed by atoms with E-state index in [2.05, 4.69) is 0 Å². The number of hydrogen-bond donors (Lipinski definition) is 2. The van der Waals surface area contributed by atoms with Gasteiger partial charge in [-0.2, -0.15) is 0 Å². The number of nitrogen functional groups attached to an aromatic ring is 1. The maximum absolute atomic E-state index is 9.82. The Balaban J connectivity index is 2.95. The van der Waals surface area contributed by atoms with Crippen molar-refractivity contribution in [2.45, 2.75) is 26.4 Å². The van der Waals surface area contributed by atoms with E-state index in [0.717, 1.165) is 12.2 Å². The minimum atomic E-state index is -0.748. The zero-order valence-electron chi connectivity index (χ0n) is 10.00. The van der Waals surface area contributed by atoms with Gasteiger partial charge in [0.25, 0.3) is 0 Å². The number of hydrogen-bond acceptors (Lipinski definition) is 3. The molecule has 1 aromatic carbocycles. The van der Waals surface area contributed by atoms with Crippen molar-refractivity contribution < 1.29 is 5.11 Å².